The average Bonchev–Trinajstić information content (AvgIpc) is 1.27. The van der Waals surface area contributed by atoms with Crippen molar-refractivity contribution in [3.63, 3.8) is 0 Å². The van der Waals surface area contributed by atoms with Gasteiger partial charge in [0, 0.05) is 6.42 Å². The lowest BCUT2D eigenvalue weighted by Crippen LogP contribution is -1.96. The van der Waals surface area contributed by atoms with Crippen LogP contribution in [0.4, 0.5) is 13.2 Å². The fourth-order valence-electron chi connectivity index (χ4n) is 0.135. The Hall–Kier alpha value is 0.270. The largest absolute Gasteiger partial charge is 0.242 e. The van der Waals surface area contributed by atoms with Crippen molar-refractivity contribution in [2.75, 3.05) is 0 Å². The third kappa shape index (κ3) is 6.27. The van der Waals surface area contributed by atoms with Gasteiger partial charge in [0.25, 0.3) is 0 Å². The number of rotatable bonds is 2. The molecule has 0 radical (unpaired) electrons. The summed E-state index contributed by atoms with van der Waals surface area (Å²) in [7, 11) is 0. The highest BCUT2D eigenvalue weighted by Crippen LogP contribution is 2.11. The summed E-state index contributed by atoms with van der Waals surface area (Å²) in [5, 5.41) is -1.56. The van der Waals surface area contributed by atoms with Crippen LogP contribution in [0.2, 0.25) is 0 Å². The van der Waals surface area contributed by atoms with Crippen LogP contribution in [-0.2, 0) is 0 Å². The average molecular weight is 177 g/mol. The molecule has 44 valence electrons. The molecule has 4 heteroatoms. The van der Waals surface area contributed by atoms with Gasteiger partial charge >= 0.3 is 0 Å². The molecule has 0 saturated carbocycles. The molecule has 0 saturated heterocycles. The first kappa shape index (κ1) is 7.27. The van der Waals surface area contributed by atoms with E-state index in [0.717, 1.165) is 0 Å². The maximum atomic E-state index is 11.4. The van der Waals surface area contributed by atoms with E-state index in [1.165, 1.54) is 0 Å². The molecular formula is C3H4BrF3. The molecule has 0 rings (SSSR count). The minimum absolute atomic E-state index is 0.722. The van der Waals surface area contributed by atoms with Crippen LogP contribution < -0.4 is 0 Å². The Balaban J connectivity index is 2.95. The third-order valence-electron chi connectivity index (χ3n) is 0.356. The van der Waals surface area contributed by atoms with Gasteiger partial charge in [-0.05, 0) is 0 Å². The molecule has 7 heavy (non-hydrogen) atoms. The van der Waals surface area contributed by atoms with Gasteiger partial charge < -0.3 is 0 Å². The molecule has 0 N–H and O–H groups in total. The zero-order chi connectivity index (χ0) is 5.86. The van der Waals surface area contributed by atoms with Gasteiger partial charge in [0.2, 0.25) is 6.43 Å². The van der Waals surface area contributed by atoms with E-state index in [1.807, 2.05) is 0 Å². The predicted molar refractivity (Wildman–Crippen MR) is 24.4 cm³/mol. The van der Waals surface area contributed by atoms with Gasteiger partial charge in [-0.3, -0.25) is 0 Å². The maximum Gasteiger partial charge on any atom is 0.242 e. The molecular weight excluding hydrogens is 173 g/mol. The van der Waals surface area contributed by atoms with E-state index in [4.69, 9.17) is 0 Å². The molecule has 0 aromatic rings. The van der Waals surface area contributed by atoms with Crippen LogP contribution >= 0.6 is 15.9 Å². The van der Waals surface area contributed by atoms with Crippen molar-refractivity contribution in [2.24, 2.45) is 0 Å². The van der Waals surface area contributed by atoms with Gasteiger partial charge in [-0.2, -0.15) is 0 Å². The highest BCUT2D eigenvalue weighted by Gasteiger charge is 2.08. The van der Waals surface area contributed by atoms with Gasteiger partial charge in [0.15, 0.2) is 5.08 Å². The quantitative estimate of drug-likeness (QED) is 0.567. The third-order valence-corrected chi connectivity index (χ3v) is 0.730. The van der Waals surface area contributed by atoms with Crippen molar-refractivity contribution in [2.45, 2.75) is 17.9 Å². The normalized spacial score (nSPS) is 15.0. The number of hydrogen-bond acceptors (Lipinski definition) is 0. The van der Waals surface area contributed by atoms with E-state index in [0.29, 0.717) is 0 Å². The number of hydrogen-bond donors (Lipinski definition) is 0. The Morgan fingerprint density at radius 1 is 1.29 bits per heavy atom. The van der Waals surface area contributed by atoms with Crippen molar-refractivity contribution in [3.05, 3.63) is 0 Å². The minimum atomic E-state index is -2.55. The molecule has 0 heterocycles. The summed E-state index contributed by atoms with van der Waals surface area (Å²) < 4.78 is 33.4. The fourth-order valence-corrected chi connectivity index (χ4v) is 0.417. The van der Waals surface area contributed by atoms with Crippen molar-refractivity contribution < 1.29 is 13.2 Å². The lowest BCUT2D eigenvalue weighted by Gasteiger charge is -1.94. The van der Waals surface area contributed by atoms with E-state index >= 15 is 0 Å². The molecule has 0 nitrogen and oxygen atoms in total. The van der Waals surface area contributed by atoms with Gasteiger partial charge in [-0.25, -0.2) is 13.2 Å². The van der Waals surface area contributed by atoms with E-state index in [-0.39, 0.29) is 0 Å². The van der Waals surface area contributed by atoms with Gasteiger partial charge in [-0.15, -0.1) is 0 Å². The molecule has 0 fully saturated rings. The molecule has 0 aliphatic rings. The summed E-state index contributed by atoms with van der Waals surface area (Å²) in [5.41, 5.74) is 0. The van der Waals surface area contributed by atoms with Gasteiger partial charge in [-0.1, -0.05) is 15.9 Å². The Morgan fingerprint density at radius 2 is 1.71 bits per heavy atom. The molecule has 1 unspecified atom stereocenters. The van der Waals surface area contributed by atoms with Crippen LogP contribution in [0.3, 0.4) is 0 Å². The summed E-state index contributed by atoms with van der Waals surface area (Å²) >= 11 is 2.33. The predicted octanol–water partition coefficient (Wildman–Crippen LogP) is 2.33. The SMILES string of the molecule is FC(F)CC(F)Br. The molecule has 0 spiro atoms. The van der Waals surface area contributed by atoms with Crippen LogP contribution in [-0.4, -0.2) is 11.5 Å². The highest BCUT2D eigenvalue weighted by atomic mass is 79.9. The van der Waals surface area contributed by atoms with Crippen LogP contribution in [0.5, 0.6) is 0 Å². The summed E-state index contributed by atoms with van der Waals surface area (Å²) in [6.07, 6.45) is -3.27. The van der Waals surface area contributed by atoms with Gasteiger partial charge in [0.1, 0.15) is 0 Å². The first-order valence-electron chi connectivity index (χ1n) is 1.69. The van der Waals surface area contributed by atoms with E-state index in [1.54, 1.807) is 0 Å². The van der Waals surface area contributed by atoms with Crippen LogP contribution in [0.15, 0.2) is 0 Å². The van der Waals surface area contributed by atoms with Crippen molar-refractivity contribution in [1.82, 2.24) is 0 Å². The monoisotopic (exact) mass is 176 g/mol. The molecule has 1 atom stereocenters. The van der Waals surface area contributed by atoms with E-state index < -0.39 is 17.9 Å². The Morgan fingerprint density at radius 3 is 1.71 bits per heavy atom. The number of halogens is 4. The van der Waals surface area contributed by atoms with Crippen LogP contribution in [0, 0.1) is 0 Å². The minimum Gasteiger partial charge on any atom is -0.235 e. The summed E-state index contributed by atoms with van der Waals surface area (Å²) in [5.74, 6) is 0. The van der Waals surface area contributed by atoms with E-state index in [9.17, 15) is 13.2 Å². The Kier molecular flexibility index (Phi) is 3.42. The molecule has 0 aliphatic carbocycles. The maximum absolute atomic E-state index is 11.4. The second-order valence-electron chi connectivity index (χ2n) is 1.02. The Bertz CT molecular complexity index is 39.4. The van der Waals surface area contributed by atoms with Crippen molar-refractivity contribution in [1.29, 1.82) is 0 Å². The van der Waals surface area contributed by atoms with Crippen molar-refractivity contribution >= 4 is 15.9 Å². The fraction of sp³-hybridized carbons (Fsp3) is 1.00. The lowest BCUT2D eigenvalue weighted by molar-refractivity contribution is 0.122. The zero-order valence-corrected chi connectivity index (χ0v) is 4.96. The zero-order valence-electron chi connectivity index (χ0n) is 3.37. The molecule has 0 aromatic carbocycles. The first-order valence-corrected chi connectivity index (χ1v) is 2.61. The van der Waals surface area contributed by atoms with Gasteiger partial charge in [0.05, 0.1) is 0 Å². The second-order valence-corrected chi connectivity index (χ2v) is 2.01. The van der Waals surface area contributed by atoms with Crippen molar-refractivity contribution in [3.8, 4) is 0 Å². The standard InChI is InChI=1S/C3H4BrF3/c4-2(5)1-3(6)7/h2-3H,1H2. The summed E-state index contributed by atoms with van der Waals surface area (Å²) in [6, 6.07) is 0. The number of alkyl halides is 4. The molecule has 0 aliphatic heterocycles. The molecule has 0 bridgehead atoms. The summed E-state index contributed by atoms with van der Waals surface area (Å²) in [4.78, 5) is 0. The van der Waals surface area contributed by atoms with Crippen LogP contribution in [0.25, 0.3) is 0 Å². The topological polar surface area (TPSA) is 0 Å². The molecule has 0 aromatic heterocycles. The Labute approximate surface area is 47.8 Å². The lowest BCUT2D eigenvalue weighted by atomic mass is 10.5. The summed E-state index contributed by atoms with van der Waals surface area (Å²) in [6.45, 7) is 0. The molecule has 0 amide bonds. The van der Waals surface area contributed by atoms with E-state index in [2.05, 4.69) is 15.9 Å². The second kappa shape index (κ2) is 3.29. The smallest absolute Gasteiger partial charge is 0.235 e. The first-order chi connectivity index (χ1) is 3.13. The van der Waals surface area contributed by atoms with Crippen LogP contribution in [0.1, 0.15) is 6.42 Å². The highest BCUT2D eigenvalue weighted by molar-refractivity contribution is 9.09.